The molecule has 0 saturated heterocycles. The van der Waals surface area contributed by atoms with E-state index in [0.717, 1.165) is 29.8 Å². The van der Waals surface area contributed by atoms with Gasteiger partial charge in [0.1, 0.15) is 5.82 Å². The molecule has 0 radical (unpaired) electrons. The van der Waals surface area contributed by atoms with Crippen molar-refractivity contribution >= 4 is 21.7 Å². The van der Waals surface area contributed by atoms with Crippen molar-refractivity contribution in [3.05, 3.63) is 22.3 Å². The van der Waals surface area contributed by atoms with Crippen molar-refractivity contribution in [2.24, 2.45) is 11.7 Å². The molecule has 17 heavy (non-hydrogen) atoms. The van der Waals surface area contributed by atoms with Crippen molar-refractivity contribution in [2.45, 2.75) is 33.1 Å². The molecular weight excluding hydrogens is 278 g/mol. The quantitative estimate of drug-likeness (QED) is 0.812. The maximum Gasteiger partial charge on any atom is 0.140 e. The molecule has 4 heteroatoms. The van der Waals surface area contributed by atoms with Crippen LogP contribution in [0.3, 0.4) is 0 Å². The number of aryl methyl sites for hydroxylation is 1. The van der Waals surface area contributed by atoms with E-state index in [4.69, 9.17) is 5.73 Å². The minimum atomic E-state index is 0.638. The molecule has 1 unspecified atom stereocenters. The fourth-order valence-electron chi connectivity index (χ4n) is 1.90. The Morgan fingerprint density at radius 3 is 2.88 bits per heavy atom. The number of nitrogens with two attached hydrogens (primary N) is 1. The van der Waals surface area contributed by atoms with Crippen molar-refractivity contribution in [1.29, 1.82) is 0 Å². The molecule has 1 aromatic rings. The van der Waals surface area contributed by atoms with Crippen LogP contribution in [0.2, 0.25) is 0 Å². The highest BCUT2D eigenvalue weighted by Crippen LogP contribution is 2.24. The Morgan fingerprint density at radius 2 is 2.24 bits per heavy atom. The van der Waals surface area contributed by atoms with Gasteiger partial charge in [0.25, 0.3) is 0 Å². The molecule has 0 aliphatic rings. The van der Waals surface area contributed by atoms with Crippen LogP contribution in [0.1, 0.15) is 31.7 Å². The molecule has 0 aliphatic heterocycles. The summed E-state index contributed by atoms with van der Waals surface area (Å²) in [5.74, 6) is 1.57. The molecule has 0 fully saturated rings. The molecule has 1 aromatic heterocycles. The highest BCUT2D eigenvalue weighted by molar-refractivity contribution is 9.10. The van der Waals surface area contributed by atoms with Crippen molar-refractivity contribution in [2.75, 3.05) is 18.4 Å². The van der Waals surface area contributed by atoms with E-state index in [2.05, 4.69) is 40.1 Å². The number of rotatable bonds is 7. The highest BCUT2D eigenvalue weighted by Gasteiger charge is 2.09. The van der Waals surface area contributed by atoms with Crippen LogP contribution < -0.4 is 11.1 Å². The molecule has 0 amide bonds. The topological polar surface area (TPSA) is 50.9 Å². The smallest absolute Gasteiger partial charge is 0.140 e. The Bertz CT molecular complexity index is 335. The summed E-state index contributed by atoms with van der Waals surface area (Å²) in [5.41, 5.74) is 6.83. The normalized spacial score (nSPS) is 12.5. The summed E-state index contributed by atoms with van der Waals surface area (Å²) in [7, 11) is 0. The van der Waals surface area contributed by atoms with E-state index in [0.29, 0.717) is 5.92 Å². The third-order valence-electron chi connectivity index (χ3n) is 2.91. The monoisotopic (exact) mass is 299 g/mol. The van der Waals surface area contributed by atoms with Gasteiger partial charge < -0.3 is 11.1 Å². The summed E-state index contributed by atoms with van der Waals surface area (Å²) in [6.07, 6.45) is 5.33. The lowest BCUT2D eigenvalue weighted by Gasteiger charge is -2.17. The first-order valence-corrected chi connectivity index (χ1v) is 7.03. The number of nitrogens with one attached hydrogen (secondary N) is 1. The fourth-order valence-corrected chi connectivity index (χ4v) is 2.27. The average molecular weight is 300 g/mol. The van der Waals surface area contributed by atoms with E-state index in [9.17, 15) is 0 Å². The van der Waals surface area contributed by atoms with Crippen molar-refractivity contribution in [3.63, 3.8) is 0 Å². The molecule has 0 saturated carbocycles. The zero-order valence-electron chi connectivity index (χ0n) is 10.7. The summed E-state index contributed by atoms with van der Waals surface area (Å²) in [6, 6.07) is 2.00. The molecule has 0 aromatic carbocycles. The summed E-state index contributed by atoms with van der Waals surface area (Å²) in [5, 5.41) is 3.41. The Balaban J connectivity index is 2.55. The van der Waals surface area contributed by atoms with E-state index < -0.39 is 0 Å². The van der Waals surface area contributed by atoms with Gasteiger partial charge in [-0.2, -0.15) is 0 Å². The Hall–Kier alpha value is -0.610. The predicted molar refractivity (Wildman–Crippen MR) is 77.2 cm³/mol. The van der Waals surface area contributed by atoms with Crippen molar-refractivity contribution < 1.29 is 0 Å². The summed E-state index contributed by atoms with van der Waals surface area (Å²) >= 11 is 3.56. The molecule has 96 valence electrons. The number of hydrogen-bond donors (Lipinski definition) is 2. The average Bonchev–Trinajstić information content (AvgIpc) is 2.31. The van der Waals surface area contributed by atoms with Crippen LogP contribution in [0, 0.1) is 12.8 Å². The van der Waals surface area contributed by atoms with Gasteiger partial charge in [0.05, 0.1) is 4.47 Å². The first-order chi connectivity index (χ1) is 8.19. The van der Waals surface area contributed by atoms with E-state index in [-0.39, 0.29) is 0 Å². The second-order valence-electron chi connectivity index (χ2n) is 4.40. The second kappa shape index (κ2) is 7.67. The molecule has 1 atom stereocenters. The number of hydrogen-bond acceptors (Lipinski definition) is 3. The van der Waals surface area contributed by atoms with E-state index in [1.165, 1.54) is 18.4 Å². The Kier molecular flexibility index (Phi) is 6.52. The summed E-state index contributed by atoms with van der Waals surface area (Å²) in [4.78, 5) is 4.34. The molecule has 3 nitrogen and oxygen atoms in total. The van der Waals surface area contributed by atoms with E-state index in [1.54, 1.807) is 0 Å². The van der Waals surface area contributed by atoms with Crippen LogP contribution >= 0.6 is 15.9 Å². The van der Waals surface area contributed by atoms with Gasteiger partial charge in [0.15, 0.2) is 0 Å². The van der Waals surface area contributed by atoms with Crippen molar-refractivity contribution in [1.82, 2.24) is 4.98 Å². The van der Waals surface area contributed by atoms with Crippen LogP contribution in [-0.4, -0.2) is 18.1 Å². The highest BCUT2D eigenvalue weighted by atomic mass is 79.9. The Morgan fingerprint density at radius 1 is 1.47 bits per heavy atom. The molecule has 3 N–H and O–H groups in total. The second-order valence-corrected chi connectivity index (χ2v) is 5.20. The predicted octanol–water partition coefficient (Wildman–Crippen LogP) is 3.33. The fraction of sp³-hybridized carbons (Fsp3) is 0.615. The number of aromatic nitrogens is 1. The minimum absolute atomic E-state index is 0.638. The van der Waals surface area contributed by atoms with Crippen LogP contribution in [0.25, 0.3) is 0 Å². The Labute approximate surface area is 112 Å². The minimum Gasteiger partial charge on any atom is -0.369 e. The standard InChI is InChI=1S/C13H22BrN3/c1-3-4-11(5-7-15)9-17-13-12(14)10(2)6-8-16-13/h6,8,11H,3-5,7,9,15H2,1-2H3,(H,16,17). The third kappa shape index (κ3) is 4.64. The maximum absolute atomic E-state index is 5.63. The number of pyridine rings is 1. The lowest BCUT2D eigenvalue weighted by molar-refractivity contribution is 0.473. The van der Waals surface area contributed by atoms with E-state index in [1.807, 2.05) is 12.3 Å². The molecule has 0 aliphatic carbocycles. The van der Waals surface area contributed by atoms with Gasteiger partial charge in [0, 0.05) is 12.7 Å². The van der Waals surface area contributed by atoms with Crippen molar-refractivity contribution in [3.8, 4) is 0 Å². The summed E-state index contributed by atoms with van der Waals surface area (Å²) < 4.78 is 1.06. The number of halogens is 1. The number of nitrogens with zero attached hydrogens (tertiary/aromatic N) is 1. The van der Waals surface area contributed by atoms with E-state index >= 15 is 0 Å². The number of anilines is 1. The van der Waals surface area contributed by atoms with Gasteiger partial charge >= 0.3 is 0 Å². The van der Waals surface area contributed by atoms with Gasteiger partial charge in [-0.1, -0.05) is 13.3 Å². The SMILES string of the molecule is CCCC(CCN)CNc1nccc(C)c1Br. The first-order valence-electron chi connectivity index (χ1n) is 6.24. The van der Waals surface area contributed by atoms with Crippen LogP contribution in [0.4, 0.5) is 5.82 Å². The zero-order chi connectivity index (χ0) is 12.7. The largest absolute Gasteiger partial charge is 0.369 e. The molecule has 0 bridgehead atoms. The van der Waals surface area contributed by atoms with Gasteiger partial charge in [-0.05, 0) is 59.8 Å². The van der Waals surface area contributed by atoms with Gasteiger partial charge in [-0.3, -0.25) is 0 Å². The van der Waals surface area contributed by atoms with Gasteiger partial charge in [-0.25, -0.2) is 4.98 Å². The maximum atomic E-state index is 5.63. The lowest BCUT2D eigenvalue weighted by atomic mass is 10.00. The van der Waals surface area contributed by atoms with Crippen LogP contribution in [0.5, 0.6) is 0 Å². The third-order valence-corrected chi connectivity index (χ3v) is 3.91. The van der Waals surface area contributed by atoms with Gasteiger partial charge in [0.2, 0.25) is 0 Å². The molecule has 1 heterocycles. The summed E-state index contributed by atoms with van der Waals surface area (Å²) in [6.45, 7) is 5.99. The van der Waals surface area contributed by atoms with Crippen LogP contribution in [-0.2, 0) is 0 Å². The molecule has 1 rings (SSSR count). The zero-order valence-corrected chi connectivity index (χ0v) is 12.3. The molecular formula is C13H22BrN3. The first kappa shape index (κ1) is 14.5. The molecule has 0 spiro atoms. The van der Waals surface area contributed by atoms with Crippen LogP contribution in [0.15, 0.2) is 16.7 Å². The van der Waals surface area contributed by atoms with Gasteiger partial charge in [-0.15, -0.1) is 0 Å². The lowest BCUT2D eigenvalue weighted by Crippen LogP contribution is -2.18.